The summed E-state index contributed by atoms with van der Waals surface area (Å²) in [5.41, 5.74) is 0.640. The Morgan fingerprint density at radius 3 is 2.25 bits per heavy atom. The summed E-state index contributed by atoms with van der Waals surface area (Å²) in [6.45, 7) is 0. The Labute approximate surface area is 85.2 Å². The van der Waals surface area contributed by atoms with Gasteiger partial charge in [0.1, 0.15) is 0 Å². The van der Waals surface area contributed by atoms with E-state index in [1.807, 2.05) is 0 Å². The molecule has 1 aromatic carbocycles. The molecule has 1 nitrogen and oxygen atoms in total. The Morgan fingerprint density at radius 2 is 1.67 bits per heavy atom. The number of rotatable bonds is 2. The average molecular weight is 222 g/mol. The third-order valence-corrected chi connectivity index (χ3v) is 2.43. The summed E-state index contributed by atoms with van der Waals surface area (Å²) in [7, 11) is 0. The quantitative estimate of drug-likeness (QED) is 0.702. The molecule has 0 aliphatic rings. The molecule has 0 aliphatic carbocycles. The van der Waals surface area contributed by atoms with E-state index >= 15 is 0 Å². The van der Waals surface area contributed by atoms with E-state index in [0.717, 1.165) is 0 Å². The Hall–Kier alpha value is -0.240. The molecule has 0 spiro atoms. The highest BCUT2D eigenvalue weighted by Gasteiger charge is 2.04. The van der Waals surface area contributed by atoms with Gasteiger partial charge in [-0.2, -0.15) is 0 Å². The minimum Gasteiger partial charge on any atom is -0.291 e. The lowest BCUT2D eigenvalue weighted by atomic mass is 10.2. The topological polar surface area (TPSA) is 17.1 Å². The van der Waals surface area contributed by atoms with Crippen molar-refractivity contribution < 1.29 is 4.79 Å². The number of hydrogen-bond donors (Lipinski definition) is 0. The first kappa shape index (κ1) is 9.85. The Bertz CT molecular complexity index is 309. The number of halogens is 3. The molecule has 0 aromatic heterocycles. The summed E-state index contributed by atoms with van der Waals surface area (Å²) < 4.78 is 0. The fourth-order valence-electron chi connectivity index (χ4n) is 0.777. The van der Waals surface area contributed by atoms with Gasteiger partial charge in [0.2, 0.25) is 6.29 Å². The monoisotopic (exact) mass is 221 g/mol. The summed E-state index contributed by atoms with van der Waals surface area (Å²) in [4.78, 5) is 10.1. The van der Waals surface area contributed by atoms with Crippen LogP contribution in [0.5, 0.6) is 0 Å². The Morgan fingerprint density at radius 1 is 1.08 bits per heavy atom. The van der Waals surface area contributed by atoms with E-state index in [1.54, 1.807) is 12.4 Å². The van der Waals surface area contributed by atoms with Gasteiger partial charge in [-0.3, -0.25) is 4.79 Å². The van der Waals surface area contributed by atoms with Crippen molar-refractivity contribution in [3.63, 3.8) is 0 Å². The second kappa shape index (κ2) is 4.13. The lowest BCUT2D eigenvalue weighted by Crippen LogP contribution is -1.87. The summed E-state index contributed by atoms with van der Waals surface area (Å²) in [6, 6.07) is 3.08. The van der Waals surface area contributed by atoms with E-state index in [-0.39, 0.29) is 6.42 Å². The van der Waals surface area contributed by atoms with Crippen LogP contribution >= 0.6 is 34.8 Å². The van der Waals surface area contributed by atoms with Crippen molar-refractivity contribution in [2.45, 2.75) is 6.42 Å². The van der Waals surface area contributed by atoms with E-state index in [2.05, 4.69) is 0 Å². The van der Waals surface area contributed by atoms with Crippen LogP contribution in [0.4, 0.5) is 0 Å². The summed E-state index contributed by atoms with van der Waals surface area (Å²) in [6.07, 6.45) is 1.87. The molecule has 0 saturated carbocycles. The summed E-state index contributed by atoms with van der Waals surface area (Å²) >= 11 is 17.1. The van der Waals surface area contributed by atoms with Gasteiger partial charge >= 0.3 is 0 Å². The summed E-state index contributed by atoms with van der Waals surface area (Å²) in [5.74, 6) is 0. The zero-order valence-electron chi connectivity index (χ0n) is 5.90. The van der Waals surface area contributed by atoms with Crippen molar-refractivity contribution in [2.24, 2.45) is 0 Å². The first-order chi connectivity index (χ1) is 5.65. The van der Waals surface area contributed by atoms with Crippen molar-refractivity contribution in [3.05, 3.63) is 32.8 Å². The van der Waals surface area contributed by atoms with Gasteiger partial charge in [-0.05, 0) is 17.7 Å². The van der Waals surface area contributed by atoms with E-state index < -0.39 is 0 Å². The zero-order valence-corrected chi connectivity index (χ0v) is 8.17. The number of carbonyl (C=O) groups excluding carboxylic acids is 1. The molecule has 0 amide bonds. The molecular weight excluding hydrogens is 218 g/mol. The normalized spacial score (nSPS) is 9.92. The predicted octanol–water partition coefficient (Wildman–Crippen LogP) is 3.30. The van der Waals surface area contributed by atoms with Gasteiger partial charge in [-0.15, -0.1) is 0 Å². The molecule has 4 heteroatoms. The van der Waals surface area contributed by atoms with Crippen LogP contribution in [0.1, 0.15) is 5.56 Å². The molecule has 63 valence electrons. The fraction of sp³-hybridized carbons (Fsp3) is 0.125. The average Bonchev–Trinajstić information content (AvgIpc) is 2.01. The van der Waals surface area contributed by atoms with Crippen molar-refractivity contribution in [3.8, 4) is 0 Å². The smallest absolute Gasteiger partial charge is 0.203 e. The van der Waals surface area contributed by atoms with Gasteiger partial charge in [0.05, 0.1) is 10.0 Å². The molecule has 12 heavy (non-hydrogen) atoms. The minimum absolute atomic E-state index is 0.135. The van der Waals surface area contributed by atoms with Crippen LogP contribution in [-0.2, 0) is 11.2 Å². The second-order valence-electron chi connectivity index (χ2n) is 2.18. The molecule has 0 fully saturated rings. The molecule has 0 heterocycles. The molecular formula is C8H4Cl3O. The highest BCUT2D eigenvalue weighted by molar-refractivity contribution is 6.43. The van der Waals surface area contributed by atoms with Crippen LogP contribution in [0.15, 0.2) is 12.1 Å². The number of hydrogen-bond acceptors (Lipinski definition) is 1. The highest BCUT2D eigenvalue weighted by atomic mass is 35.5. The van der Waals surface area contributed by atoms with Gasteiger partial charge in [0.15, 0.2) is 0 Å². The maximum absolute atomic E-state index is 10.1. The maximum atomic E-state index is 10.1. The fourth-order valence-corrected chi connectivity index (χ4v) is 1.41. The largest absolute Gasteiger partial charge is 0.291 e. The molecule has 0 aliphatic heterocycles. The van der Waals surface area contributed by atoms with Gasteiger partial charge in [0.25, 0.3) is 0 Å². The third-order valence-electron chi connectivity index (χ3n) is 1.35. The van der Waals surface area contributed by atoms with Crippen LogP contribution in [0.3, 0.4) is 0 Å². The molecule has 0 bridgehead atoms. The second-order valence-corrected chi connectivity index (χ2v) is 3.40. The van der Waals surface area contributed by atoms with Gasteiger partial charge in [0, 0.05) is 11.4 Å². The SMILES string of the molecule is O=[C]Cc1cc(Cl)c(Cl)cc1Cl. The number of benzene rings is 1. The van der Waals surface area contributed by atoms with Crippen molar-refractivity contribution in [1.29, 1.82) is 0 Å². The van der Waals surface area contributed by atoms with E-state index in [0.29, 0.717) is 20.6 Å². The van der Waals surface area contributed by atoms with Crippen LogP contribution < -0.4 is 0 Å². The minimum atomic E-state index is 0.135. The molecule has 0 N–H and O–H groups in total. The zero-order chi connectivity index (χ0) is 9.14. The molecule has 0 saturated heterocycles. The third kappa shape index (κ3) is 2.13. The molecule has 0 unspecified atom stereocenters. The first-order valence-corrected chi connectivity index (χ1v) is 4.27. The molecule has 1 rings (SSSR count). The molecule has 1 aromatic rings. The lowest BCUT2D eigenvalue weighted by molar-refractivity contribution is 0.555. The van der Waals surface area contributed by atoms with Crippen LogP contribution in [0.2, 0.25) is 15.1 Å². The lowest BCUT2D eigenvalue weighted by Gasteiger charge is -2.01. The van der Waals surface area contributed by atoms with Gasteiger partial charge < -0.3 is 0 Å². The van der Waals surface area contributed by atoms with E-state index in [4.69, 9.17) is 34.8 Å². The van der Waals surface area contributed by atoms with Crippen molar-refractivity contribution in [1.82, 2.24) is 0 Å². The first-order valence-electron chi connectivity index (χ1n) is 3.13. The van der Waals surface area contributed by atoms with Crippen LogP contribution in [0, 0.1) is 0 Å². The maximum Gasteiger partial charge on any atom is 0.203 e. The Kier molecular flexibility index (Phi) is 3.39. The van der Waals surface area contributed by atoms with Crippen LogP contribution in [-0.4, -0.2) is 6.29 Å². The highest BCUT2D eigenvalue weighted by Crippen LogP contribution is 2.28. The van der Waals surface area contributed by atoms with Gasteiger partial charge in [-0.25, -0.2) is 0 Å². The van der Waals surface area contributed by atoms with E-state index in [9.17, 15) is 4.79 Å². The van der Waals surface area contributed by atoms with Crippen molar-refractivity contribution in [2.75, 3.05) is 0 Å². The van der Waals surface area contributed by atoms with Crippen LogP contribution in [0.25, 0.3) is 0 Å². The Balaban J connectivity index is 3.13. The molecule has 1 radical (unpaired) electrons. The summed E-state index contributed by atoms with van der Waals surface area (Å²) in [5, 5.41) is 1.22. The predicted molar refractivity (Wildman–Crippen MR) is 50.9 cm³/mol. The standard InChI is InChI=1S/C8H4Cl3O/c9-6-4-8(11)7(10)3-5(6)1-2-12/h3-4H,1H2. The van der Waals surface area contributed by atoms with E-state index in [1.165, 1.54) is 6.07 Å². The van der Waals surface area contributed by atoms with Crippen molar-refractivity contribution >= 4 is 41.1 Å². The van der Waals surface area contributed by atoms with Gasteiger partial charge in [-0.1, -0.05) is 34.8 Å². The molecule has 0 atom stereocenters.